The van der Waals surface area contributed by atoms with Crippen LogP contribution in [0, 0.1) is 10.5 Å². The standard InChI is InChI=1S/C12H11BrIN3/c1-7-6-16-12(5-10(7)15)17-11-4-8(13)2-3-9(11)14/h2-6H,1H3,(H3,15,16,17). The summed E-state index contributed by atoms with van der Waals surface area (Å²) >= 11 is 5.72. The summed E-state index contributed by atoms with van der Waals surface area (Å²) in [6, 6.07) is 7.89. The fourth-order valence-corrected chi connectivity index (χ4v) is 2.17. The van der Waals surface area contributed by atoms with Gasteiger partial charge in [0.2, 0.25) is 0 Å². The lowest BCUT2D eigenvalue weighted by Gasteiger charge is -2.09. The molecule has 3 N–H and O–H groups in total. The third kappa shape index (κ3) is 3.10. The number of rotatable bonds is 2. The van der Waals surface area contributed by atoms with Crippen LogP contribution in [-0.4, -0.2) is 4.98 Å². The van der Waals surface area contributed by atoms with E-state index in [9.17, 15) is 0 Å². The largest absolute Gasteiger partial charge is 0.398 e. The molecule has 1 aromatic heterocycles. The van der Waals surface area contributed by atoms with Crippen LogP contribution in [0.1, 0.15) is 5.56 Å². The first-order valence-corrected chi connectivity index (χ1v) is 6.87. The molecule has 0 atom stereocenters. The summed E-state index contributed by atoms with van der Waals surface area (Å²) in [6.45, 7) is 1.94. The third-order valence-corrected chi connectivity index (χ3v) is 3.77. The maximum Gasteiger partial charge on any atom is 0.132 e. The number of hydrogen-bond donors (Lipinski definition) is 2. The topological polar surface area (TPSA) is 50.9 Å². The van der Waals surface area contributed by atoms with Gasteiger partial charge in [0.25, 0.3) is 0 Å². The molecular formula is C12H11BrIN3. The molecule has 0 amide bonds. The Labute approximate surface area is 122 Å². The van der Waals surface area contributed by atoms with Crippen LogP contribution in [-0.2, 0) is 0 Å². The van der Waals surface area contributed by atoms with Crippen molar-refractivity contribution < 1.29 is 0 Å². The Bertz CT molecular complexity index is 557. The molecule has 2 aromatic rings. The van der Waals surface area contributed by atoms with E-state index < -0.39 is 0 Å². The number of nitrogens with two attached hydrogens (primary N) is 1. The molecule has 1 heterocycles. The van der Waals surface area contributed by atoms with Gasteiger partial charge in [-0.25, -0.2) is 4.98 Å². The minimum atomic E-state index is 0.743. The molecule has 1 aromatic carbocycles. The molecule has 0 bridgehead atoms. The van der Waals surface area contributed by atoms with Crippen molar-refractivity contribution in [3.63, 3.8) is 0 Å². The number of aromatic nitrogens is 1. The van der Waals surface area contributed by atoms with Gasteiger partial charge in [-0.2, -0.15) is 0 Å². The monoisotopic (exact) mass is 403 g/mol. The van der Waals surface area contributed by atoms with Crippen molar-refractivity contribution in [3.8, 4) is 0 Å². The molecule has 0 unspecified atom stereocenters. The van der Waals surface area contributed by atoms with Crippen LogP contribution in [0.2, 0.25) is 0 Å². The number of pyridine rings is 1. The molecule has 88 valence electrons. The Morgan fingerprint density at radius 3 is 2.82 bits per heavy atom. The van der Waals surface area contributed by atoms with Gasteiger partial charge in [-0.1, -0.05) is 15.9 Å². The summed E-state index contributed by atoms with van der Waals surface area (Å²) in [5.41, 5.74) is 8.59. The van der Waals surface area contributed by atoms with Gasteiger partial charge < -0.3 is 11.1 Å². The molecule has 0 radical (unpaired) electrons. The molecule has 0 aliphatic carbocycles. The summed E-state index contributed by atoms with van der Waals surface area (Å²) in [4.78, 5) is 4.30. The van der Waals surface area contributed by atoms with E-state index in [4.69, 9.17) is 5.73 Å². The average molecular weight is 404 g/mol. The van der Waals surface area contributed by atoms with Crippen molar-refractivity contribution in [2.45, 2.75) is 6.92 Å². The zero-order valence-corrected chi connectivity index (χ0v) is 12.9. The number of anilines is 3. The van der Waals surface area contributed by atoms with Crippen LogP contribution in [0.25, 0.3) is 0 Å². The molecule has 17 heavy (non-hydrogen) atoms. The SMILES string of the molecule is Cc1cnc(Nc2cc(Br)ccc2I)cc1N. The second-order valence-electron chi connectivity index (χ2n) is 3.68. The first-order chi connectivity index (χ1) is 8.06. The van der Waals surface area contributed by atoms with Gasteiger partial charge in [-0.05, 0) is 53.3 Å². The molecule has 0 saturated heterocycles. The van der Waals surface area contributed by atoms with Crippen LogP contribution < -0.4 is 11.1 Å². The van der Waals surface area contributed by atoms with Crippen LogP contribution in [0.15, 0.2) is 34.9 Å². The zero-order chi connectivity index (χ0) is 12.4. The Morgan fingerprint density at radius 1 is 1.35 bits per heavy atom. The summed E-state index contributed by atoms with van der Waals surface area (Å²) in [5.74, 6) is 0.754. The van der Waals surface area contributed by atoms with Crippen LogP contribution in [0.3, 0.4) is 0 Å². The van der Waals surface area contributed by atoms with Crippen molar-refractivity contribution in [1.82, 2.24) is 4.98 Å². The molecule has 2 rings (SSSR count). The lowest BCUT2D eigenvalue weighted by Crippen LogP contribution is -1.98. The number of nitrogens with one attached hydrogen (secondary N) is 1. The maximum atomic E-state index is 5.85. The van der Waals surface area contributed by atoms with E-state index in [0.29, 0.717) is 0 Å². The predicted octanol–water partition coefficient (Wildman–Crippen LogP) is 4.08. The minimum absolute atomic E-state index is 0.743. The molecule has 0 fully saturated rings. The molecule has 3 nitrogen and oxygen atoms in total. The number of nitrogen functional groups attached to an aromatic ring is 1. The quantitative estimate of drug-likeness (QED) is 0.742. The summed E-state index contributed by atoms with van der Waals surface area (Å²) < 4.78 is 2.16. The molecule has 5 heteroatoms. The zero-order valence-electron chi connectivity index (χ0n) is 9.17. The second kappa shape index (κ2) is 5.22. The van der Waals surface area contributed by atoms with E-state index >= 15 is 0 Å². The first-order valence-electron chi connectivity index (χ1n) is 5.00. The number of halogens is 2. The van der Waals surface area contributed by atoms with Crippen molar-refractivity contribution in [2.75, 3.05) is 11.1 Å². The molecule has 0 saturated carbocycles. The highest BCUT2D eigenvalue weighted by molar-refractivity contribution is 14.1. The van der Waals surface area contributed by atoms with Crippen molar-refractivity contribution >= 4 is 55.7 Å². The van der Waals surface area contributed by atoms with E-state index in [1.165, 1.54) is 0 Å². The fourth-order valence-electron chi connectivity index (χ4n) is 1.34. The average Bonchev–Trinajstić information content (AvgIpc) is 2.29. The number of aryl methyl sites for hydroxylation is 1. The van der Waals surface area contributed by atoms with Gasteiger partial charge in [0, 0.05) is 26.0 Å². The first kappa shape index (κ1) is 12.6. The summed E-state index contributed by atoms with van der Waals surface area (Å²) in [7, 11) is 0. The van der Waals surface area contributed by atoms with Gasteiger partial charge in [0.1, 0.15) is 5.82 Å². The van der Waals surface area contributed by atoms with Gasteiger partial charge in [0.05, 0.1) is 5.69 Å². The Hall–Kier alpha value is -0.820. The van der Waals surface area contributed by atoms with E-state index in [2.05, 4.69) is 48.8 Å². The Morgan fingerprint density at radius 2 is 2.12 bits per heavy atom. The molecule has 0 aliphatic heterocycles. The van der Waals surface area contributed by atoms with Gasteiger partial charge in [0.15, 0.2) is 0 Å². The smallest absolute Gasteiger partial charge is 0.132 e. The highest BCUT2D eigenvalue weighted by atomic mass is 127. The maximum absolute atomic E-state index is 5.85. The van der Waals surface area contributed by atoms with E-state index in [-0.39, 0.29) is 0 Å². The third-order valence-electron chi connectivity index (χ3n) is 2.34. The van der Waals surface area contributed by atoms with Crippen molar-refractivity contribution in [3.05, 3.63) is 44.1 Å². The number of nitrogens with zero attached hydrogens (tertiary/aromatic N) is 1. The van der Waals surface area contributed by atoms with Crippen molar-refractivity contribution in [1.29, 1.82) is 0 Å². The summed E-state index contributed by atoms with van der Waals surface area (Å²) in [5, 5.41) is 3.25. The van der Waals surface area contributed by atoms with Crippen LogP contribution >= 0.6 is 38.5 Å². The predicted molar refractivity (Wildman–Crippen MR) is 83.5 cm³/mol. The lowest BCUT2D eigenvalue weighted by molar-refractivity contribution is 1.26. The van der Waals surface area contributed by atoms with Crippen LogP contribution in [0.5, 0.6) is 0 Å². The Kier molecular flexibility index (Phi) is 3.88. The lowest BCUT2D eigenvalue weighted by atomic mass is 10.2. The van der Waals surface area contributed by atoms with Gasteiger partial charge in [-0.3, -0.25) is 0 Å². The Balaban J connectivity index is 2.31. The molecule has 0 aliphatic rings. The van der Waals surface area contributed by atoms with Crippen molar-refractivity contribution in [2.24, 2.45) is 0 Å². The van der Waals surface area contributed by atoms with Gasteiger partial charge in [-0.15, -0.1) is 0 Å². The number of hydrogen-bond acceptors (Lipinski definition) is 3. The highest BCUT2D eigenvalue weighted by Crippen LogP contribution is 2.26. The van der Waals surface area contributed by atoms with E-state index in [0.717, 1.165) is 30.8 Å². The fraction of sp³-hybridized carbons (Fsp3) is 0.0833. The molecular weight excluding hydrogens is 393 g/mol. The van der Waals surface area contributed by atoms with Gasteiger partial charge >= 0.3 is 0 Å². The minimum Gasteiger partial charge on any atom is -0.398 e. The number of benzene rings is 1. The van der Waals surface area contributed by atoms with E-state index in [1.54, 1.807) is 6.20 Å². The molecule has 0 spiro atoms. The van der Waals surface area contributed by atoms with E-state index in [1.807, 2.05) is 31.2 Å². The highest BCUT2D eigenvalue weighted by Gasteiger charge is 2.03. The second-order valence-corrected chi connectivity index (χ2v) is 5.75. The normalized spacial score (nSPS) is 10.3. The summed E-state index contributed by atoms with van der Waals surface area (Å²) in [6.07, 6.45) is 1.77. The van der Waals surface area contributed by atoms with Crippen LogP contribution in [0.4, 0.5) is 17.2 Å².